The highest BCUT2D eigenvalue weighted by molar-refractivity contribution is 5.81. The number of benzene rings is 1. The molecular weight excluding hydrogens is 278 g/mol. The minimum Gasteiger partial charge on any atom is -0.481 e. The Morgan fingerprint density at radius 2 is 1.77 bits per heavy atom. The molecule has 1 aliphatic rings. The standard InChI is InChI=1S/C18H27NO3/c1-6-17(22-16-8-12(2)7-13(3)9-16)18(20)19-10-14(4)21-15(5)11-19/h7-9,14-15,17H,6,10-11H2,1-5H3/t14-,15-,17+/m1/s1. The average Bonchev–Trinajstić information content (AvgIpc) is 2.42. The molecule has 1 heterocycles. The number of carbonyl (C=O) groups is 1. The van der Waals surface area contributed by atoms with Gasteiger partial charge in [-0.2, -0.15) is 0 Å². The average molecular weight is 305 g/mol. The molecule has 4 nitrogen and oxygen atoms in total. The van der Waals surface area contributed by atoms with Crippen LogP contribution in [-0.4, -0.2) is 42.2 Å². The molecule has 0 radical (unpaired) electrons. The number of morpholine rings is 1. The summed E-state index contributed by atoms with van der Waals surface area (Å²) in [4.78, 5) is 14.6. The number of aryl methyl sites for hydroxylation is 2. The number of hydrogen-bond acceptors (Lipinski definition) is 3. The summed E-state index contributed by atoms with van der Waals surface area (Å²) in [7, 11) is 0. The van der Waals surface area contributed by atoms with Crippen molar-refractivity contribution in [3.05, 3.63) is 29.3 Å². The highest BCUT2D eigenvalue weighted by Gasteiger charge is 2.30. The second-order valence-corrected chi connectivity index (χ2v) is 6.34. The molecular formula is C18H27NO3. The molecule has 1 aliphatic heterocycles. The van der Waals surface area contributed by atoms with E-state index in [0.717, 1.165) is 16.9 Å². The van der Waals surface area contributed by atoms with Crippen LogP contribution < -0.4 is 4.74 Å². The summed E-state index contributed by atoms with van der Waals surface area (Å²) in [6, 6.07) is 6.06. The van der Waals surface area contributed by atoms with E-state index in [1.165, 1.54) is 0 Å². The lowest BCUT2D eigenvalue weighted by atomic mass is 10.1. The van der Waals surface area contributed by atoms with E-state index < -0.39 is 6.10 Å². The first kappa shape index (κ1) is 16.8. The highest BCUT2D eigenvalue weighted by atomic mass is 16.5. The van der Waals surface area contributed by atoms with E-state index in [9.17, 15) is 4.79 Å². The molecule has 2 rings (SSSR count). The summed E-state index contributed by atoms with van der Waals surface area (Å²) < 4.78 is 11.7. The SMILES string of the molecule is CC[C@H](Oc1cc(C)cc(C)c1)C(=O)N1C[C@@H](C)O[C@H](C)C1. The van der Waals surface area contributed by atoms with Crippen LogP contribution >= 0.6 is 0 Å². The van der Waals surface area contributed by atoms with Gasteiger partial charge in [-0.05, 0) is 57.4 Å². The molecule has 0 aliphatic carbocycles. The Morgan fingerprint density at radius 3 is 2.27 bits per heavy atom. The summed E-state index contributed by atoms with van der Waals surface area (Å²) >= 11 is 0. The number of nitrogens with zero attached hydrogens (tertiary/aromatic N) is 1. The fraction of sp³-hybridized carbons (Fsp3) is 0.611. The summed E-state index contributed by atoms with van der Waals surface area (Å²) in [6.45, 7) is 11.3. The number of rotatable bonds is 4. The van der Waals surface area contributed by atoms with Gasteiger partial charge in [-0.3, -0.25) is 4.79 Å². The van der Waals surface area contributed by atoms with Crippen LogP contribution in [0.25, 0.3) is 0 Å². The first-order valence-corrected chi connectivity index (χ1v) is 8.08. The van der Waals surface area contributed by atoms with Crippen molar-refractivity contribution in [2.75, 3.05) is 13.1 Å². The topological polar surface area (TPSA) is 38.8 Å². The Balaban J connectivity index is 2.08. The maximum absolute atomic E-state index is 12.7. The van der Waals surface area contributed by atoms with Crippen LogP contribution in [0.1, 0.15) is 38.3 Å². The normalized spacial score (nSPS) is 23.2. The van der Waals surface area contributed by atoms with Gasteiger partial charge in [0.15, 0.2) is 6.10 Å². The third-order valence-corrected chi connectivity index (χ3v) is 3.85. The van der Waals surface area contributed by atoms with Crippen LogP contribution in [0.15, 0.2) is 18.2 Å². The molecule has 3 atom stereocenters. The second-order valence-electron chi connectivity index (χ2n) is 6.34. The molecule has 1 aromatic carbocycles. The van der Waals surface area contributed by atoms with Crippen molar-refractivity contribution in [1.82, 2.24) is 4.90 Å². The molecule has 0 saturated carbocycles. The first-order chi connectivity index (χ1) is 10.4. The van der Waals surface area contributed by atoms with Gasteiger partial charge in [-0.25, -0.2) is 0 Å². The highest BCUT2D eigenvalue weighted by Crippen LogP contribution is 2.20. The molecule has 0 bridgehead atoms. The minimum absolute atomic E-state index is 0.0589. The summed E-state index contributed by atoms with van der Waals surface area (Å²) in [5.74, 6) is 0.829. The Hall–Kier alpha value is -1.55. The van der Waals surface area contributed by atoms with Crippen molar-refractivity contribution in [3.8, 4) is 5.75 Å². The van der Waals surface area contributed by atoms with Crippen LogP contribution in [0.5, 0.6) is 5.75 Å². The molecule has 0 unspecified atom stereocenters. The molecule has 1 saturated heterocycles. The zero-order chi connectivity index (χ0) is 16.3. The monoisotopic (exact) mass is 305 g/mol. The van der Waals surface area contributed by atoms with Crippen molar-refractivity contribution >= 4 is 5.91 Å². The molecule has 4 heteroatoms. The lowest BCUT2D eigenvalue weighted by molar-refractivity contribution is -0.150. The maximum Gasteiger partial charge on any atom is 0.263 e. The van der Waals surface area contributed by atoms with Gasteiger partial charge >= 0.3 is 0 Å². The summed E-state index contributed by atoms with van der Waals surface area (Å²) in [5, 5.41) is 0. The van der Waals surface area contributed by atoms with Gasteiger partial charge in [0.05, 0.1) is 12.2 Å². The Kier molecular flexibility index (Phi) is 5.46. The van der Waals surface area contributed by atoms with Crippen molar-refractivity contribution in [3.63, 3.8) is 0 Å². The van der Waals surface area contributed by atoms with Gasteiger partial charge in [-0.15, -0.1) is 0 Å². The lowest BCUT2D eigenvalue weighted by Crippen LogP contribution is -2.52. The Bertz CT molecular complexity index is 499. The largest absolute Gasteiger partial charge is 0.481 e. The Labute approximate surface area is 133 Å². The van der Waals surface area contributed by atoms with Gasteiger partial charge in [0.1, 0.15) is 5.75 Å². The lowest BCUT2D eigenvalue weighted by Gasteiger charge is -2.37. The van der Waals surface area contributed by atoms with Gasteiger partial charge in [-0.1, -0.05) is 13.0 Å². The van der Waals surface area contributed by atoms with E-state index >= 15 is 0 Å². The molecule has 1 aromatic rings. The predicted molar refractivity (Wildman–Crippen MR) is 87.2 cm³/mol. The van der Waals surface area contributed by atoms with Crippen molar-refractivity contribution in [2.45, 2.75) is 59.4 Å². The van der Waals surface area contributed by atoms with Gasteiger partial charge in [0.2, 0.25) is 0 Å². The van der Waals surface area contributed by atoms with Gasteiger partial charge in [0, 0.05) is 13.1 Å². The summed E-state index contributed by atoms with van der Waals surface area (Å²) in [6.07, 6.45) is 0.378. The van der Waals surface area contributed by atoms with Gasteiger partial charge < -0.3 is 14.4 Å². The smallest absolute Gasteiger partial charge is 0.263 e. The zero-order valence-electron chi connectivity index (χ0n) is 14.3. The van der Waals surface area contributed by atoms with E-state index in [4.69, 9.17) is 9.47 Å². The minimum atomic E-state index is -0.432. The fourth-order valence-electron chi connectivity index (χ4n) is 3.04. The van der Waals surface area contributed by atoms with E-state index in [2.05, 4.69) is 6.07 Å². The van der Waals surface area contributed by atoms with E-state index in [0.29, 0.717) is 19.5 Å². The van der Waals surface area contributed by atoms with Crippen LogP contribution in [-0.2, 0) is 9.53 Å². The van der Waals surface area contributed by atoms with Crippen LogP contribution in [0.4, 0.5) is 0 Å². The van der Waals surface area contributed by atoms with Gasteiger partial charge in [0.25, 0.3) is 5.91 Å². The second kappa shape index (κ2) is 7.14. The van der Waals surface area contributed by atoms with Crippen molar-refractivity contribution in [1.29, 1.82) is 0 Å². The van der Waals surface area contributed by atoms with Crippen LogP contribution in [0.2, 0.25) is 0 Å². The van der Waals surface area contributed by atoms with Crippen molar-refractivity contribution < 1.29 is 14.3 Å². The van der Waals surface area contributed by atoms with Crippen LogP contribution in [0, 0.1) is 13.8 Å². The third-order valence-electron chi connectivity index (χ3n) is 3.85. The summed E-state index contributed by atoms with van der Waals surface area (Å²) in [5.41, 5.74) is 2.29. The molecule has 0 spiro atoms. The molecule has 22 heavy (non-hydrogen) atoms. The first-order valence-electron chi connectivity index (χ1n) is 8.08. The quantitative estimate of drug-likeness (QED) is 0.858. The maximum atomic E-state index is 12.7. The van der Waals surface area contributed by atoms with E-state index in [-0.39, 0.29) is 18.1 Å². The van der Waals surface area contributed by atoms with Crippen LogP contribution in [0.3, 0.4) is 0 Å². The molecule has 1 amide bonds. The molecule has 0 aromatic heterocycles. The third kappa shape index (κ3) is 4.23. The number of ether oxygens (including phenoxy) is 2. The number of carbonyl (C=O) groups excluding carboxylic acids is 1. The van der Waals surface area contributed by atoms with Crippen molar-refractivity contribution in [2.24, 2.45) is 0 Å². The molecule has 122 valence electrons. The molecule has 0 N–H and O–H groups in total. The Morgan fingerprint density at radius 1 is 1.23 bits per heavy atom. The van der Waals surface area contributed by atoms with E-state index in [1.54, 1.807) is 0 Å². The zero-order valence-corrected chi connectivity index (χ0v) is 14.3. The number of hydrogen-bond donors (Lipinski definition) is 0. The number of amides is 1. The fourth-order valence-corrected chi connectivity index (χ4v) is 3.04. The molecule has 1 fully saturated rings. The predicted octanol–water partition coefficient (Wildman–Crippen LogP) is 3.10. The van der Waals surface area contributed by atoms with E-state index in [1.807, 2.05) is 51.7 Å².